The highest BCUT2D eigenvalue weighted by Crippen LogP contribution is 2.25. The topological polar surface area (TPSA) is 91.0 Å². The maximum atomic E-state index is 12.5. The Hall–Kier alpha value is -1.68. The number of sulfonamides is 1. The highest BCUT2D eigenvalue weighted by atomic mass is 32.2. The Balaban J connectivity index is 1.88. The molecule has 1 saturated heterocycles. The minimum atomic E-state index is -3.77. The van der Waals surface area contributed by atoms with E-state index in [2.05, 4.69) is 26.9 Å². The van der Waals surface area contributed by atoms with Crippen LogP contribution >= 0.6 is 0 Å². The Kier molecular flexibility index (Phi) is 8.88. The zero-order valence-corrected chi connectivity index (χ0v) is 18.7. The molecule has 1 heterocycles. The van der Waals surface area contributed by atoms with E-state index in [1.807, 2.05) is 0 Å². The number of amides is 1. The second-order valence-electron chi connectivity index (χ2n) is 7.75. The minimum Gasteiger partial charge on any atom is -0.495 e. The van der Waals surface area contributed by atoms with Gasteiger partial charge in [0.15, 0.2) is 0 Å². The van der Waals surface area contributed by atoms with Gasteiger partial charge in [-0.15, -0.1) is 0 Å². The largest absolute Gasteiger partial charge is 0.495 e. The summed E-state index contributed by atoms with van der Waals surface area (Å²) < 4.78 is 32.8. The molecule has 164 valence electrons. The lowest BCUT2D eigenvalue weighted by Crippen LogP contribution is -2.44. The monoisotopic (exact) mass is 426 g/mol. The maximum Gasteiger partial charge on any atom is 0.251 e. The highest BCUT2D eigenvalue weighted by Gasteiger charge is 2.22. The lowest BCUT2D eigenvalue weighted by Gasteiger charge is -2.32. The smallest absolute Gasteiger partial charge is 0.251 e. The van der Waals surface area contributed by atoms with Crippen LogP contribution in [0.3, 0.4) is 0 Å². The van der Waals surface area contributed by atoms with Crippen molar-refractivity contribution < 1.29 is 17.9 Å². The molecule has 0 unspecified atom stereocenters. The Morgan fingerprint density at radius 2 is 1.86 bits per heavy atom. The fraction of sp³-hybridized carbons (Fsp3) is 0.650. The Morgan fingerprint density at radius 3 is 2.48 bits per heavy atom. The van der Waals surface area contributed by atoms with Gasteiger partial charge in [-0.2, -0.15) is 0 Å². The summed E-state index contributed by atoms with van der Waals surface area (Å²) in [5, 5.41) is 2.88. The molecule has 8 nitrogen and oxygen atoms in total. The van der Waals surface area contributed by atoms with Crippen LogP contribution in [0, 0.1) is 0 Å². The van der Waals surface area contributed by atoms with Gasteiger partial charge in [0.1, 0.15) is 10.6 Å². The molecule has 0 bridgehead atoms. The van der Waals surface area contributed by atoms with Crippen LogP contribution in [-0.2, 0) is 10.0 Å². The number of nitrogens with one attached hydrogen (secondary N) is 2. The number of ether oxygens (including phenoxy) is 1. The first-order valence-corrected chi connectivity index (χ1v) is 11.6. The summed E-state index contributed by atoms with van der Waals surface area (Å²) in [6.07, 6.45) is 1.90. The molecule has 1 amide bonds. The van der Waals surface area contributed by atoms with Gasteiger partial charge in [-0.25, -0.2) is 13.1 Å². The number of hydrogen-bond acceptors (Lipinski definition) is 6. The van der Waals surface area contributed by atoms with Crippen molar-refractivity contribution in [3.63, 3.8) is 0 Å². The molecule has 1 aromatic rings. The van der Waals surface area contributed by atoms with Crippen LogP contribution in [0.1, 0.15) is 37.0 Å². The van der Waals surface area contributed by atoms with Gasteiger partial charge in [0, 0.05) is 44.3 Å². The van der Waals surface area contributed by atoms with Gasteiger partial charge in [0.25, 0.3) is 5.91 Å². The number of nitrogens with zero attached hydrogens (tertiary/aromatic N) is 2. The number of carbonyl (C=O) groups excluding carboxylic acids is 1. The molecule has 0 radical (unpaired) electrons. The third-order valence-electron chi connectivity index (χ3n) is 4.89. The van der Waals surface area contributed by atoms with E-state index in [1.165, 1.54) is 19.2 Å². The maximum absolute atomic E-state index is 12.5. The summed E-state index contributed by atoms with van der Waals surface area (Å²) >= 11 is 0. The van der Waals surface area contributed by atoms with Crippen molar-refractivity contribution in [2.75, 3.05) is 53.4 Å². The lowest BCUT2D eigenvalue weighted by molar-refractivity contribution is 0.0951. The predicted octanol–water partition coefficient (Wildman–Crippen LogP) is 1.14. The van der Waals surface area contributed by atoms with Crippen LogP contribution < -0.4 is 14.8 Å². The molecule has 0 aromatic heterocycles. The van der Waals surface area contributed by atoms with Crippen LogP contribution in [0.2, 0.25) is 0 Å². The average Bonchev–Trinajstić information content (AvgIpc) is 2.67. The van der Waals surface area contributed by atoms with E-state index in [0.717, 1.165) is 45.6 Å². The van der Waals surface area contributed by atoms with Gasteiger partial charge in [-0.1, -0.05) is 0 Å². The zero-order chi connectivity index (χ0) is 21.4. The van der Waals surface area contributed by atoms with Crippen molar-refractivity contribution in [2.24, 2.45) is 0 Å². The molecule has 2 rings (SSSR count). The summed E-state index contributed by atoms with van der Waals surface area (Å²) in [4.78, 5) is 17.2. The molecule has 1 aromatic carbocycles. The van der Waals surface area contributed by atoms with Crippen molar-refractivity contribution in [3.05, 3.63) is 23.8 Å². The van der Waals surface area contributed by atoms with Crippen LogP contribution in [0.4, 0.5) is 0 Å². The summed E-state index contributed by atoms with van der Waals surface area (Å²) in [7, 11) is -0.221. The molecule has 2 N–H and O–H groups in total. The lowest BCUT2D eigenvalue weighted by atomic mass is 10.2. The minimum absolute atomic E-state index is 0.0311. The summed E-state index contributed by atoms with van der Waals surface area (Å²) in [5.41, 5.74) is 0.300. The Morgan fingerprint density at radius 1 is 1.17 bits per heavy atom. The van der Waals surface area contributed by atoms with Crippen molar-refractivity contribution in [2.45, 2.75) is 37.6 Å². The highest BCUT2D eigenvalue weighted by molar-refractivity contribution is 7.89. The van der Waals surface area contributed by atoms with Gasteiger partial charge in [-0.05, 0) is 58.5 Å². The fourth-order valence-corrected chi connectivity index (χ4v) is 4.68. The Labute approximate surface area is 174 Å². The SMILES string of the molecule is COc1ccc(C(=O)NCCCCN2CCN(C)CC2)cc1S(=O)(=O)NC(C)C. The first-order chi connectivity index (χ1) is 13.7. The van der Waals surface area contributed by atoms with Crippen molar-refractivity contribution in [1.29, 1.82) is 0 Å². The molecule has 1 aliphatic rings. The molecule has 0 spiro atoms. The van der Waals surface area contributed by atoms with Crippen molar-refractivity contribution >= 4 is 15.9 Å². The second kappa shape index (κ2) is 10.9. The molecular formula is C20H34N4O4S. The average molecular weight is 427 g/mol. The van der Waals surface area contributed by atoms with Gasteiger partial charge in [0.05, 0.1) is 7.11 Å². The molecule has 0 saturated carbocycles. The third-order valence-corrected chi connectivity index (χ3v) is 6.57. The molecule has 0 aliphatic carbocycles. The standard InChI is InChI=1S/C20H34N4O4S/c1-16(2)22-29(26,27)19-15-17(7-8-18(19)28-4)20(25)21-9-5-6-10-24-13-11-23(3)12-14-24/h7-8,15-16,22H,5-6,9-14H2,1-4H3,(H,21,25). The van der Waals surface area contributed by atoms with Crippen LogP contribution in [0.15, 0.2) is 23.1 Å². The molecule has 0 atom stereocenters. The Bertz CT molecular complexity index is 775. The van der Waals surface area contributed by atoms with E-state index in [1.54, 1.807) is 19.9 Å². The second-order valence-corrected chi connectivity index (χ2v) is 9.43. The van der Waals surface area contributed by atoms with Crippen molar-refractivity contribution in [1.82, 2.24) is 19.8 Å². The fourth-order valence-electron chi connectivity index (χ4n) is 3.24. The van der Waals surface area contributed by atoms with E-state index < -0.39 is 10.0 Å². The van der Waals surface area contributed by atoms with Crippen LogP contribution in [0.25, 0.3) is 0 Å². The number of likely N-dealkylation sites (N-methyl/N-ethyl adjacent to an activating group) is 1. The number of hydrogen-bond donors (Lipinski definition) is 2. The summed E-state index contributed by atoms with van der Waals surface area (Å²) in [6, 6.07) is 4.19. The normalized spacial score (nSPS) is 16.2. The number of benzene rings is 1. The third kappa shape index (κ3) is 7.26. The van der Waals surface area contributed by atoms with E-state index in [4.69, 9.17) is 4.74 Å². The molecule has 1 aliphatic heterocycles. The molecule has 29 heavy (non-hydrogen) atoms. The number of methoxy groups -OCH3 is 1. The van der Waals surface area contributed by atoms with E-state index in [0.29, 0.717) is 12.1 Å². The molecule has 1 fully saturated rings. The first-order valence-electron chi connectivity index (χ1n) is 10.1. The van der Waals surface area contributed by atoms with E-state index >= 15 is 0 Å². The van der Waals surface area contributed by atoms with E-state index in [-0.39, 0.29) is 22.6 Å². The van der Waals surface area contributed by atoms with Gasteiger partial charge < -0.3 is 19.9 Å². The van der Waals surface area contributed by atoms with Gasteiger partial charge in [-0.3, -0.25) is 4.79 Å². The quantitative estimate of drug-likeness (QED) is 0.545. The number of rotatable bonds is 10. The van der Waals surface area contributed by atoms with Crippen LogP contribution in [-0.4, -0.2) is 83.6 Å². The van der Waals surface area contributed by atoms with Gasteiger partial charge >= 0.3 is 0 Å². The van der Waals surface area contributed by atoms with Gasteiger partial charge in [0.2, 0.25) is 10.0 Å². The molecule has 9 heteroatoms. The molecular weight excluding hydrogens is 392 g/mol. The van der Waals surface area contributed by atoms with Crippen molar-refractivity contribution in [3.8, 4) is 5.75 Å². The number of unbranched alkanes of at least 4 members (excludes halogenated alkanes) is 1. The van der Waals surface area contributed by atoms with Crippen LogP contribution in [0.5, 0.6) is 5.75 Å². The number of piperazine rings is 1. The number of carbonyl (C=O) groups is 1. The predicted molar refractivity (Wildman–Crippen MR) is 114 cm³/mol. The zero-order valence-electron chi connectivity index (χ0n) is 17.9. The first kappa shape index (κ1) is 23.6. The summed E-state index contributed by atoms with van der Waals surface area (Å²) in [5.74, 6) is -0.0740. The van der Waals surface area contributed by atoms with E-state index in [9.17, 15) is 13.2 Å². The summed E-state index contributed by atoms with van der Waals surface area (Å²) in [6.45, 7) is 9.47.